The number of rotatable bonds is 3. The van der Waals surface area contributed by atoms with Crippen molar-refractivity contribution in [1.29, 1.82) is 0 Å². The van der Waals surface area contributed by atoms with Gasteiger partial charge in [-0.1, -0.05) is 29.2 Å². The van der Waals surface area contributed by atoms with E-state index in [9.17, 15) is 10.1 Å². The zero-order valence-corrected chi connectivity index (χ0v) is 11.1. The standard InChI is InChI=1S/C11H10BrN3O3/c1-14-9(10(12)13-11(14)15(17)18)8-4-2-7(6-16)3-5-8/h2-5,16H,6H2,1H3. The first-order chi connectivity index (χ1) is 8.54. The number of hydrogen-bond acceptors (Lipinski definition) is 4. The van der Waals surface area contributed by atoms with Crippen molar-refractivity contribution in [3.05, 3.63) is 44.5 Å². The van der Waals surface area contributed by atoms with E-state index in [0.717, 1.165) is 11.1 Å². The van der Waals surface area contributed by atoms with Crippen LogP contribution in [0.25, 0.3) is 11.3 Å². The summed E-state index contributed by atoms with van der Waals surface area (Å²) in [5, 5.41) is 19.8. The molecule has 1 aromatic heterocycles. The Hall–Kier alpha value is -1.73. The average Bonchev–Trinajstić information content (AvgIpc) is 2.65. The summed E-state index contributed by atoms with van der Waals surface area (Å²) >= 11 is 3.22. The van der Waals surface area contributed by atoms with Gasteiger partial charge in [-0.2, -0.15) is 0 Å². The SMILES string of the molecule is Cn1c([N+](=O)[O-])nc(Br)c1-c1ccc(CO)cc1. The van der Waals surface area contributed by atoms with Crippen molar-refractivity contribution in [2.24, 2.45) is 7.05 Å². The Bertz CT molecular complexity index is 592. The summed E-state index contributed by atoms with van der Waals surface area (Å²) in [6.07, 6.45) is 0. The molecular formula is C11H10BrN3O3. The summed E-state index contributed by atoms with van der Waals surface area (Å²) in [5.41, 5.74) is 2.21. The van der Waals surface area contributed by atoms with E-state index in [-0.39, 0.29) is 12.6 Å². The van der Waals surface area contributed by atoms with E-state index in [0.29, 0.717) is 10.3 Å². The largest absolute Gasteiger partial charge is 0.436 e. The third kappa shape index (κ3) is 2.14. The second-order valence-electron chi connectivity index (χ2n) is 3.72. The topological polar surface area (TPSA) is 81.2 Å². The fourth-order valence-electron chi connectivity index (χ4n) is 1.70. The second kappa shape index (κ2) is 4.87. The fraction of sp³-hybridized carbons (Fsp3) is 0.182. The van der Waals surface area contributed by atoms with Crippen LogP contribution in [0.2, 0.25) is 0 Å². The number of hydrogen-bond donors (Lipinski definition) is 1. The van der Waals surface area contributed by atoms with Gasteiger partial charge in [-0.3, -0.25) is 0 Å². The van der Waals surface area contributed by atoms with Gasteiger partial charge in [-0.25, -0.2) is 4.57 Å². The van der Waals surface area contributed by atoms with Crippen molar-refractivity contribution in [2.45, 2.75) is 6.61 Å². The van der Waals surface area contributed by atoms with Crippen LogP contribution in [0, 0.1) is 10.1 Å². The first kappa shape index (κ1) is 12.7. The maximum Gasteiger partial charge on any atom is 0.436 e. The van der Waals surface area contributed by atoms with Gasteiger partial charge in [0.1, 0.15) is 0 Å². The Balaban J connectivity index is 2.53. The Labute approximate surface area is 111 Å². The minimum Gasteiger partial charge on any atom is -0.392 e. The van der Waals surface area contributed by atoms with Crippen LogP contribution in [0.3, 0.4) is 0 Å². The summed E-state index contributed by atoms with van der Waals surface area (Å²) in [4.78, 5) is 14.1. The smallest absolute Gasteiger partial charge is 0.392 e. The van der Waals surface area contributed by atoms with Crippen LogP contribution < -0.4 is 0 Å². The van der Waals surface area contributed by atoms with Crippen LogP contribution in [0.1, 0.15) is 5.56 Å². The quantitative estimate of drug-likeness (QED) is 0.696. The van der Waals surface area contributed by atoms with Gasteiger partial charge in [0.15, 0.2) is 5.69 Å². The minimum atomic E-state index is -0.531. The molecule has 18 heavy (non-hydrogen) atoms. The van der Waals surface area contributed by atoms with Crippen LogP contribution in [-0.4, -0.2) is 19.6 Å². The molecule has 0 amide bonds. The number of benzene rings is 1. The predicted octanol–water partition coefficient (Wildman–Crippen LogP) is 2.25. The number of imidazole rings is 1. The lowest BCUT2D eigenvalue weighted by Crippen LogP contribution is -1.99. The number of halogens is 1. The van der Waals surface area contributed by atoms with Gasteiger partial charge in [-0.15, -0.1) is 0 Å². The first-order valence-electron chi connectivity index (χ1n) is 5.11. The third-order valence-corrected chi connectivity index (χ3v) is 3.16. The van der Waals surface area contributed by atoms with Crippen LogP contribution in [0.4, 0.5) is 5.95 Å². The summed E-state index contributed by atoms with van der Waals surface area (Å²) in [6.45, 7) is -0.0347. The molecule has 0 saturated heterocycles. The van der Waals surface area contributed by atoms with E-state index >= 15 is 0 Å². The van der Waals surface area contributed by atoms with Crippen LogP contribution in [-0.2, 0) is 13.7 Å². The number of nitrogens with zero attached hydrogens (tertiary/aromatic N) is 3. The highest BCUT2D eigenvalue weighted by Crippen LogP contribution is 2.31. The van der Waals surface area contributed by atoms with E-state index in [1.165, 1.54) is 4.57 Å². The van der Waals surface area contributed by atoms with Crippen molar-refractivity contribution in [3.8, 4) is 11.3 Å². The van der Waals surface area contributed by atoms with E-state index in [1.807, 2.05) is 0 Å². The van der Waals surface area contributed by atoms with Gasteiger partial charge in [-0.05, 0) is 26.4 Å². The normalized spacial score (nSPS) is 10.6. The summed E-state index contributed by atoms with van der Waals surface area (Å²) in [6, 6.07) is 7.11. The first-order valence-corrected chi connectivity index (χ1v) is 5.90. The number of aromatic nitrogens is 2. The molecule has 2 rings (SSSR count). The molecule has 1 aromatic carbocycles. The van der Waals surface area contributed by atoms with Gasteiger partial charge < -0.3 is 15.2 Å². The Kier molecular flexibility index (Phi) is 3.44. The van der Waals surface area contributed by atoms with Crippen LogP contribution in [0.15, 0.2) is 28.9 Å². The Morgan fingerprint density at radius 3 is 2.50 bits per heavy atom. The Morgan fingerprint density at radius 2 is 2.06 bits per heavy atom. The molecule has 0 bridgehead atoms. The van der Waals surface area contributed by atoms with E-state index in [1.54, 1.807) is 31.3 Å². The van der Waals surface area contributed by atoms with E-state index in [4.69, 9.17) is 5.11 Å². The average molecular weight is 312 g/mol. The minimum absolute atomic E-state index is 0.0347. The van der Waals surface area contributed by atoms with E-state index in [2.05, 4.69) is 20.9 Å². The van der Waals surface area contributed by atoms with Crippen molar-refractivity contribution in [3.63, 3.8) is 0 Å². The highest BCUT2D eigenvalue weighted by Gasteiger charge is 2.24. The maximum atomic E-state index is 10.8. The van der Waals surface area contributed by atoms with Gasteiger partial charge >= 0.3 is 5.95 Å². The van der Waals surface area contributed by atoms with Crippen molar-refractivity contribution in [1.82, 2.24) is 9.55 Å². The number of aliphatic hydroxyl groups excluding tert-OH is 1. The second-order valence-corrected chi connectivity index (χ2v) is 4.47. The summed E-state index contributed by atoms with van der Waals surface area (Å²) in [5.74, 6) is -0.219. The van der Waals surface area contributed by atoms with Gasteiger partial charge in [0.2, 0.25) is 4.60 Å². The lowest BCUT2D eigenvalue weighted by Gasteiger charge is -2.02. The molecule has 0 aliphatic heterocycles. The van der Waals surface area contributed by atoms with E-state index < -0.39 is 4.92 Å². The molecular weight excluding hydrogens is 302 g/mol. The fourth-order valence-corrected chi connectivity index (χ4v) is 2.35. The lowest BCUT2D eigenvalue weighted by atomic mass is 10.1. The highest BCUT2D eigenvalue weighted by atomic mass is 79.9. The molecule has 0 unspecified atom stereocenters. The van der Waals surface area contributed by atoms with Gasteiger partial charge in [0.05, 0.1) is 13.7 Å². The maximum absolute atomic E-state index is 10.8. The zero-order valence-electron chi connectivity index (χ0n) is 9.50. The molecule has 0 saturated carbocycles. The molecule has 0 atom stereocenters. The third-order valence-electron chi connectivity index (χ3n) is 2.60. The zero-order chi connectivity index (χ0) is 13.3. The van der Waals surface area contributed by atoms with Crippen molar-refractivity contribution < 1.29 is 10.0 Å². The monoisotopic (exact) mass is 311 g/mol. The predicted molar refractivity (Wildman–Crippen MR) is 68.9 cm³/mol. The molecule has 94 valence electrons. The molecule has 6 nitrogen and oxygen atoms in total. The number of nitro groups is 1. The molecule has 1 heterocycles. The molecule has 0 aliphatic rings. The van der Waals surface area contributed by atoms with Crippen LogP contribution in [0.5, 0.6) is 0 Å². The molecule has 0 aliphatic carbocycles. The van der Waals surface area contributed by atoms with Gasteiger partial charge in [0, 0.05) is 5.56 Å². The molecule has 0 spiro atoms. The molecule has 2 aromatic rings. The summed E-state index contributed by atoms with van der Waals surface area (Å²) in [7, 11) is 1.59. The molecule has 1 N–H and O–H groups in total. The summed E-state index contributed by atoms with van der Waals surface area (Å²) < 4.78 is 1.84. The molecule has 0 radical (unpaired) electrons. The molecule has 7 heteroatoms. The van der Waals surface area contributed by atoms with Crippen LogP contribution >= 0.6 is 15.9 Å². The molecule has 0 fully saturated rings. The number of aliphatic hydroxyl groups is 1. The highest BCUT2D eigenvalue weighted by molar-refractivity contribution is 9.10. The van der Waals surface area contributed by atoms with Crippen molar-refractivity contribution >= 4 is 21.9 Å². The Morgan fingerprint density at radius 1 is 1.44 bits per heavy atom. The van der Waals surface area contributed by atoms with Crippen molar-refractivity contribution in [2.75, 3.05) is 0 Å². The van der Waals surface area contributed by atoms with Gasteiger partial charge in [0.25, 0.3) is 0 Å². The lowest BCUT2D eigenvalue weighted by molar-refractivity contribution is -0.396.